The van der Waals surface area contributed by atoms with Crippen molar-refractivity contribution in [1.82, 2.24) is 25.2 Å². The second-order valence-corrected chi connectivity index (χ2v) is 9.20. The Labute approximate surface area is 186 Å². The number of likely N-dealkylation sites (tertiary alicyclic amines) is 1. The minimum atomic E-state index is -0.0803. The van der Waals surface area contributed by atoms with Crippen molar-refractivity contribution in [2.75, 3.05) is 13.1 Å². The third-order valence-corrected chi connectivity index (χ3v) is 6.89. The van der Waals surface area contributed by atoms with Gasteiger partial charge in [-0.15, -0.1) is 0 Å². The standard InChI is InChI=1S/C24H27N5O3/c1-14-19(13-25-15(2)26-14)23(31)29-8-6-24(7-9-29)11-18(12-24)28-22(30)17-4-5-20-21(10-17)32-16(3)27-20/h4-5,10,13,18H,6-9,11-12H2,1-3H3,(H,28,30). The maximum absolute atomic E-state index is 12.9. The Balaban J connectivity index is 1.15. The van der Waals surface area contributed by atoms with Gasteiger partial charge < -0.3 is 14.6 Å². The van der Waals surface area contributed by atoms with Crippen LogP contribution >= 0.6 is 0 Å². The summed E-state index contributed by atoms with van der Waals surface area (Å²) in [6, 6.07) is 5.52. The number of carbonyl (C=O) groups excluding carboxylic acids is 2. The van der Waals surface area contributed by atoms with E-state index in [1.807, 2.05) is 24.8 Å². The average Bonchev–Trinajstić information content (AvgIpc) is 3.12. The molecule has 2 aliphatic rings. The van der Waals surface area contributed by atoms with Gasteiger partial charge in [0.05, 0.1) is 11.3 Å². The number of carbonyl (C=O) groups is 2. The van der Waals surface area contributed by atoms with Crippen LogP contribution in [0.15, 0.2) is 28.8 Å². The van der Waals surface area contributed by atoms with Crippen LogP contribution in [0.2, 0.25) is 0 Å². The van der Waals surface area contributed by atoms with Gasteiger partial charge >= 0.3 is 0 Å². The van der Waals surface area contributed by atoms with Gasteiger partial charge in [-0.2, -0.15) is 0 Å². The van der Waals surface area contributed by atoms with Crippen molar-refractivity contribution in [2.45, 2.75) is 52.5 Å². The van der Waals surface area contributed by atoms with E-state index in [-0.39, 0.29) is 23.3 Å². The smallest absolute Gasteiger partial charge is 0.257 e. The summed E-state index contributed by atoms with van der Waals surface area (Å²) in [4.78, 5) is 40.3. The molecule has 0 radical (unpaired) electrons. The van der Waals surface area contributed by atoms with Crippen molar-refractivity contribution in [3.05, 3.63) is 52.9 Å². The predicted molar refractivity (Wildman–Crippen MR) is 118 cm³/mol. The van der Waals surface area contributed by atoms with Gasteiger partial charge in [-0.25, -0.2) is 15.0 Å². The van der Waals surface area contributed by atoms with Crippen molar-refractivity contribution in [3.63, 3.8) is 0 Å². The van der Waals surface area contributed by atoms with E-state index >= 15 is 0 Å². The lowest BCUT2D eigenvalue weighted by atomic mass is 9.60. The highest BCUT2D eigenvalue weighted by atomic mass is 16.3. The van der Waals surface area contributed by atoms with Crippen LogP contribution in [0.1, 0.15) is 63.8 Å². The molecule has 32 heavy (non-hydrogen) atoms. The molecular formula is C24H27N5O3. The Bertz CT molecular complexity index is 1200. The Morgan fingerprint density at radius 1 is 1.12 bits per heavy atom. The van der Waals surface area contributed by atoms with Gasteiger partial charge in [-0.05, 0) is 63.1 Å². The molecule has 1 spiro atoms. The van der Waals surface area contributed by atoms with E-state index in [4.69, 9.17) is 4.42 Å². The number of benzene rings is 1. The lowest BCUT2D eigenvalue weighted by Crippen LogP contribution is -2.55. The summed E-state index contributed by atoms with van der Waals surface area (Å²) in [6.07, 6.45) is 5.46. The second kappa shape index (κ2) is 7.69. The molecule has 3 heterocycles. The maximum Gasteiger partial charge on any atom is 0.257 e. The number of piperidine rings is 1. The summed E-state index contributed by atoms with van der Waals surface area (Å²) in [5.74, 6) is 1.20. The van der Waals surface area contributed by atoms with Crippen LogP contribution in [0.3, 0.4) is 0 Å². The fraction of sp³-hybridized carbons (Fsp3) is 0.458. The van der Waals surface area contributed by atoms with Gasteiger partial charge in [0.15, 0.2) is 11.5 Å². The molecular weight excluding hydrogens is 406 g/mol. The highest BCUT2D eigenvalue weighted by Crippen LogP contribution is 2.49. The first-order chi connectivity index (χ1) is 15.3. The van der Waals surface area contributed by atoms with E-state index in [1.54, 1.807) is 25.3 Å². The van der Waals surface area contributed by atoms with E-state index < -0.39 is 0 Å². The quantitative estimate of drug-likeness (QED) is 0.680. The van der Waals surface area contributed by atoms with Crippen LogP contribution in [0.5, 0.6) is 0 Å². The first kappa shape index (κ1) is 20.6. The van der Waals surface area contributed by atoms with Crippen molar-refractivity contribution < 1.29 is 14.0 Å². The summed E-state index contributed by atoms with van der Waals surface area (Å²) < 4.78 is 5.54. The van der Waals surface area contributed by atoms with Crippen molar-refractivity contribution in [1.29, 1.82) is 0 Å². The molecule has 2 amide bonds. The SMILES string of the molecule is Cc1ncc(C(=O)N2CCC3(CC2)CC(NC(=O)c2ccc4nc(C)oc4c2)C3)c(C)n1. The Morgan fingerprint density at radius 3 is 2.59 bits per heavy atom. The number of hydrogen-bond acceptors (Lipinski definition) is 6. The molecule has 0 atom stereocenters. The van der Waals surface area contributed by atoms with Gasteiger partial charge in [0.2, 0.25) is 0 Å². The molecule has 0 unspecified atom stereocenters. The summed E-state index contributed by atoms with van der Waals surface area (Å²) in [5.41, 5.74) is 3.52. The monoisotopic (exact) mass is 433 g/mol. The largest absolute Gasteiger partial charge is 0.441 e. The minimum absolute atomic E-state index is 0.0135. The molecule has 5 rings (SSSR count). The first-order valence-electron chi connectivity index (χ1n) is 11.1. The molecule has 0 bridgehead atoms. The molecule has 2 aromatic heterocycles. The summed E-state index contributed by atoms with van der Waals surface area (Å²) in [6.45, 7) is 6.93. The minimum Gasteiger partial charge on any atom is -0.441 e. The third-order valence-electron chi connectivity index (χ3n) is 6.89. The number of rotatable bonds is 3. The molecule has 8 nitrogen and oxygen atoms in total. The number of amides is 2. The Kier molecular flexibility index (Phi) is 4.95. The summed E-state index contributed by atoms with van der Waals surface area (Å²) in [7, 11) is 0. The number of nitrogens with zero attached hydrogens (tertiary/aromatic N) is 4. The van der Waals surface area contributed by atoms with Crippen molar-refractivity contribution in [3.8, 4) is 0 Å². The van der Waals surface area contributed by atoms with Gasteiger partial charge in [0.25, 0.3) is 11.8 Å². The Morgan fingerprint density at radius 2 is 1.88 bits per heavy atom. The topological polar surface area (TPSA) is 101 Å². The number of aromatic nitrogens is 3. The highest BCUT2D eigenvalue weighted by Gasteiger charge is 2.47. The van der Waals surface area contributed by atoms with E-state index in [1.165, 1.54) is 0 Å². The van der Waals surface area contributed by atoms with Crippen LogP contribution in [-0.4, -0.2) is 50.8 Å². The number of nitrogens with one attached hydrogen (secondary N) is 1. The molecule has 166 valence electrons. The van der Waals surface area contributed by atoms with Gasteiger partial charge in [-0.3, -0.25) is 9.59 Å². The van der Waals surface area contributed by atoms with Crippen molar-refractivity contribution >= 4 is 22.9 Å². The van der Waals surface area contributed by atoms with Crippen molar-refractivity contribution in [2.24, 2.45) is 5.41 Å². The zero-order valence-corrected chi connectivity index (χ0v) is 18.6. The zero-order chi connectivity index (χ0) is 22.5. The van der Waals surface area contributed by atoms with Crippen LogP contribution in [-0.2, 0) is 0 Å². The molecule has 1 aliphatic heterocycles. The summed E-state index contributed by atoms with van der Waals surface area (Å²) in [5, 5.41) is 3.15. The van der Waals surface area contributed by atoms with E-state index in [0.29, 0.717) is 28.4 Å². The zero-order valence-electron chi connectivity index (χ0n) is 18.6. The van der Waals surface area contributed by atoms with Crippen LogP contribution in [0, 0.1) is 26.2 Å². The third kappa shape index (κ3) is 3.74. The highest BCUT2D eigenvalue weighted by molar-refractivity contribution is 5.97. The number of aryl methyl sites for hydroxylation is 3. The molecule has 1 N–H and O–H groups in total. The number of fused-ring (bicyclic) bond motifs is 1. The lowest BCUT2D eigenvalue weighted by Gasteiger charge is -2.52. The molecule has 1 aromatic carbocycles. The molecule has 1 saturated heterocycles. The predicted octanol–water partition coefficient (Wildman–Crippen LogP) is 3.36. The molecule has 3 aromatic rings. The normalized spacial score (nSPS) is 18.0. The molecule has 1 aliphatic carbocycles. The number of oxazole rings is 1. The van der Waals surface area contributed by atoms with Crippen LogP contribution in [0.4, 0.5) is 0 Å². The number of hydrogen-bond donors (Lipinski definition) is 1. The Hall–Kier alpha value is -3.29. The van der Waals surface area contributed by atoms with E-state index in [2.05, 4.69) is 20.3 Å². The van der Waals surface area contributed by atoms with E-state index in [9.17, 15) is 9.59 Å². The van der Waals surface area contributed by atoms with Gasteiger partial charge in [-0.1, -0.05) is 0 Å². The first-order valence-corrected chi connectivity index (χ1v) is 11.1. The van der Waals surface area contributed by atoms with Gasteiger partial charge in [0.1, 0.15) is 11.3 Å². The lowest BCUT2D eigenvalue weighted by molar-refractivity contribution is 0.00858. The molecule has 1 saturated carbocycles. The molecule has 8 heteroatoms. The fourth-order valence-electron chi connectivity index (χ4n) is 5.09. The molecule has 2 fully saturated rings. The maximum atomic E-state index is 12.9. The summed E-state index contributed by atoms with van der Waals surface area (Å²) >= 11 is 0. The van der Waals surface area contributed by atoms with Crippen LogP contribution < -0.4 is 5.32 Å². The second-order valence-electron chi connectivity index (χ2n) is 9.20. The van der Waals surface area contributed by atoms with Gasteiger partial charge in [0, 0.05) is 37.8 Å². The van der Waals surface area contributed by atoms with Crippen LogP contribution in [0.25, 0.3) is 11.1 Å². The van der Waals surface area contributed by atoms with E-state index in [0.717, 1.165) is 50.0 Å². The fourth-order valence-corrected chi connectivity index (χ4v) is 5.09. The average molecular weight is 434 g/mol.